The molecule has 2 rings (SSSR count). The third-order valence-corrected chi connectivity index (χ3v) is 5.48. The van der Waals surface area contributed by atoms with Crippen LogP contribution in [0, 0.1) is 11.8 Å². The number of hydrogen-bond acceptors (Lipinski definition) is 2. The van der Waals surface area contributed by atoms with Crippen LogP contribution in [0.25, 0.3) is 0 Å². The molecule has 0 aliphatic heterocycles. The topological polar surface area (TPSA) is 21.3 Å². The third-order valence-electron chi connectivity index (χ3n) is 5.48. The lowest BCUT2D eigenvalue weighted by atomic mass is 9.77. The fourth-order valence-electron chi connectivity index (χ4n) is 4.35. The van der Waals surface area contributed by atoms with E-state index < -0.39 is 0 Å². The molecule has 0 aromatic carbocycles. The standard InChI is InChI=1S/C18H35NO/c1-4-16-9-6-10-17(12-16)20-18(14-19-5-2)11-7-8-15(3)13-18/h15-17,19H,4-14H2,1-3H3. The minimum Gasteiger partial charge on any atom is -0.370 e. The number of nitrogens with one attached hydrogen (secondary N) is 1. The van der Waals surface area contributed by atoms with Gasteiger partial charge in [0.05, 0.1) is 11.7 Å². The highest BCUT2D eigenvalue weighted by Gasteiger charge is 2.38. The summed E-state index contributed by atoms with van der Waals surface area (Å²) in [4.78, 5) is 0. The molecule has 0 radical (unpaired) electrons. The smallest absolute Gasteiger partial charge is 0.0812 e. The number of hydrogen-bond donors (Lipinski definition) is 1. The number of rotatable bonds is 6. The van der Waals surface area contributed by atoms with Crippen molar-refractivity contribution < 1.29 is 4.74 Å². The van der Waals surface area contributed by atoms with E-state index in [2.05, 4.69) is 26.1 Å². The summed E-state index contributed by atoms with van der Waals surface area (Å²) in [5, 5.41) is 3.57. The molecule has 20 heavy (non-hydrogen) atoms. The van der Waals surface area contributed by atoms with Gasteiger partial charge in [-0.05, 0) is 44.1 Å². The van der Waals surface area contributed by atoms with Crippen molar-refractivity contribution in [3.63, 3.8) is 0 Å². The van der Waals surface area contributed by atoms with Gasteiger partial charge in [-0.15, -0.1) is 0 Å². The molecule has 0 heterocycles. The molecule has 0 spiro atoms. The number of ether oxygens (including phenoxy) is 1. The van der Waals surface area contributed by atoms with Crippen molar-refractivity contribution in [2.75, 3.05) is 13.1 Å². The maximum Gasteiger partial charge on any atom is 0.0812 e. The van der Waals surface area contributed by atoms with E-state index in [0.29, 0.717) is 6.10 Å². The third kappa shape index (κ3) is 4.46. The molecule has 0 amide bonds. The molecule has 0 saturated heterocycles. The van der Waals surface area contributed by atoms with Crippen molar-refractivity contribution in [3.8, 4) is 0 Å². The van der Waals surface area contributed by atoms with E-state index in [0.717, 1.165) is 24.9 Å². The van der Waals surface area contributed by atoms with Gasteiger partial charge in [0, 0.05) is 6.54 Å². The Balaban J connectivity index is 1.95. The SMILES string of the molecule is CCNCC1(OC2CCCC(CC)C2)CCCC(C)C1. The molecule has 2 aliphatic carbocycles. The van der Waals surface area contributed by atoms with Crippen molar-refractivity contribution in [1.82, 2.24) is 5.32 Å². The first-order valence-corrected chi connectivity index (χ1v) is 9.06. The zero-order valence-electron chi connectivity index (χ0n) is 13.9. The molecule has 2 aliphatic rings. The maximum absolute atomic E-state index is 6.76. The Morgan fingerprint density at radius 3 is 2.70 bits per heavy atom. The van der Waals surface area contributed by atoms with Crippen LogP contribution in [0.2, 0.25) is 0 Å². The van der Waals surface area contributed by atoms with Gasteiger partial charge in [0.1, 0.15) is 0 Å². The maximum atomic E-state index is 6.76. The van der Waals surface area contributed by atoms with E-state index in [1.165, 1.54) is 57.8 Å². The summed E-state index contributed by atoms with van der Waals surface area (Å²) in [5.41, 5.74) is 0.133. The van der Waals surface area contributed by atoms with Crippen LogP contribution < -0.4 is 5.32 Å². The molecule has 4 unspecified atom stereocenters. The van der Waals surface area contributed by atoms with Crippen LogP contribution >= 0.6 is 0 Å². The van der Waals surface area contributed by atoms with Gasteiger partial charge in [-0.3, -0.25) is 0 Å². The van der Waals surface area contributed by atoms with E-state index in [-0.39, 0.29) is 5.60 Å². The molecule has 118 valence electrons. The van der Waals surface area contributed by atoms with Crippen LogP contribution in [0.1, 0.15) is 78.6 Å². The zero-order chi connectivity index (χ0) is 14.4. The van der Waals surface area contributed by atoms with Gasteiger partial charge in [-0.25, -0.2) is 0 Å². The second-order valence-electron chi connectivity index (χ2n) is 7.35. The van der Waals surface area contributed by atoms with Gasteiger partial charge in [0.2, 0.25) is 0 Å². The predicted molar refractivity (Wildman–Crippen MR) is 86.0 cm³/mol. The van der Waals surface area contributed by atoms with Crippen molar-refractivity contribution in [1.29, 1.82) is 0 Å². The van der Waals surface area contributed by atoms with Crippen LogP contribution in [0.5, 0.6) is 0 Å². The summed E-state index contributed by atoms with van der Waals surface area (Å²) < 4.78 is 6.76. The highest BCUT2D eigenvalue weighted by Crippen LogP contribution is 2.39. The lowest BCUT2D eigenvalue weighted by Crippen LogP contribution is -2.49. The minimum absolute atomic E-state index is 0.133. The summed E-state index contributed by atoms with van der Waals surface area (Å²) in [6.07, 6.45) is 12.5. The molecule has 0 aromatic rings. The molecular weight excluding hydrogens is 246 g/mol. The molecule has 2 nitrogen and oxygen atoms in total. The van der Waals surface area contributed by atoms with Crippen molar-refractivity contribution in [3.05, 3.63) is 0 Å². The Bertz CT molecular complexity index is 281. The average Bonchev–Trinajstić information content (AvgIpc) is 2.45. The van der Waals surface area contributed by atoms with Crippen LogP contribution in [0.15, 0.2) is 0 Å². The first-order chi connectivity index (χ1) is 9.67. The average molecular weight is 281 g/mol. The van der Waals surface area contributed by atoms with Gasteiger partial charge in [-0.2, -0.15) is 0 Å². The van der Waals surface area contributed by atoms with Gasteiger partial charge in [0.15, 0.2) is 0 Å². The lowest BCUT2D eigenvalue weighted by Gasteiger charge is -2.44. The van der Waals surface area contributed by atoms with Gasteiger partial charge in [0.25, 0.3) is 0 Å². The summed E-state index contributed by atoms with van der Waals surface area (Å²) in [6, 6.07) is 0. The quantitative estimate of drug-likeness (QED) is 0.772. The van der Waals surface area contributed by atoms with Crippen molar-refractivity contribution in [2.45, 2.75) is 90.3 Å². The molecular formula is C18H35NO. The molecule has 2 heteroatoms. The molecule has 2 fully saturated rings. The van der Waals surface area contributed by atoms with Crippen LogP contribution in [-0.4, -0.2) is 24.8 Å². The normalized spacial score (nSPS) is 38.9. The summed E-state index contributed by atoms with van der Waals surface area (Å²) >= 11 is 0. The van der Waals surface area contributed by atoms with Crippen LogP contribution in [0.3, 0.4) is 0 Å². The second-order valence-corrected chi connectivity index (χ2v) is 7.35. The predicted octanol–water partition coefficient (Wildman–Crippen LogP) is 4.53. The van der Waals surface area contributed by atoms with Gasteiger partial charge in [-0.1, -0.05) is 52.9 Å². The Morgan fingerprint density at radius 1 is 1.15 bits per heavy atom. The number of likely N-dealkylation sites (N-methyl/N-ethyl adjacent to an activating group) is 1. The Labute approximate surface area is 126 Å². The fraction of sp³-hybridized carbons (Fsp3) is 1.00. The van der Waals surface area contributed by atoms with E-state index in [4.69, 9.17) is 4.74 Å². The van der Waals surface area contributed by atoms with Gasteiger partial charge >= 0.3 is 0 Å². The van der Waals surface area contributed by atoms with Gasteiger partial charge < -0.3 is 10.1 Å². The van der Waals surface area contributed by atoms with E-state index in [1.54, 1.807) is 0 Å². The largest absolute Gasteiger partial charge is 0.370 e. The van der Waals surface area contributed by atoms with E-state index >= 15 is 0 Å². The first kappa shape index (κ1) is 16.3. The summed E-state index contributed by atoms with van der Waals surface area (Å²) in [5.74, 6) is 1.74. The van der Waals surface area contributed by atoms with Crippen molar-refractivity contribution >= 4 is 0 Å². The monoisotopic (exact) mass is 281 g/mol. The highest BCUT2D eigenvalue weighted by molar-refractivity contribution is 4.91. The van der Waals surface area contributed by atoms with Crippen LogP contribution in [-0.2, 0) is 4.74 Å². The van der Waals surface area contributed by atoms with Crippen molar-refractivity contribution in [2.24, 2.45) is 11.8 Å². The molecule has 4 atom stereocenters. The molecule has 1 N–H and O–H groups in total. The highest BCUT2D eigenvalue weighted by atomic mass is 16.5. The lowest BCUT2D eigenvalue weighted by molar-refractivity contribution is -0.134. The zero-order valence-corrected chi connectivity index (χ0v) is 13.9. The fourth-order valence-corrected chi connectivity index (χ4v) is 4.35. The minimum atomic E-state index is 0.133. The first-order valence-electron chi connectivity index (χ1n) is 9.06. The Morgan fingerprint density at radius 2 is 2.00 bits per heavy atom. The van der Waals surface area contributed by atoms with E-state index in [1.807, 2.05) is 0 Å². The summed E-state index contributed by atoms with van der Waals surface area (Å²) in [6.45, 7) is 9.06. The van der Waals surface area contributed by atoms with E-state index in [9.17, 15) is 0 Å². The molecule has 0 bridgehead atoms. The Kier molecular flexibility index (Phi) is 6.35. The molecule has 0 aromatic heterocycles. The molecule has 2 saturated carbocycles. The van der Waals surface area contributed by atoms with Crippen LogP contribution in [0.4, 0.5) is 0 Å². The second kappa shape index (κ2) is 7.79. The summed E-state index contributed by atoms with van der Waals surface area (Å²) in [7, 11) is 0. The Hall–Kier alpha value is -0.0800.